The second-order valence-electron chi connectivity index (χ2n) is 21.6. The first-order valence-electron chi connectivity index (χ1n) is 26.4. The summed E-state index contributed by atoms with van der Waals surface area (Å²) in [5.41, 5.74) is 4.63. The third-order valence-electron chi connectivity index (χ3n) is 16.0. The molecule has 0 spiro atoms. The molecule has 0 unspecified atom stereocenters. The lowest BCUT2D eigenvalue weighted by molar-refractivity contribution is -0.164. The molecule has 9 rings (SSSR count). The van der Waals surface area contributed by atoms with Crippen molar-refractivity contribution < 1.29 is 19.4 Å². The van der Waals surface area contributed by atoms with Crippen molar-refractivity contribution >= 4 is 40.5 Å². The molecule has 1 aliphatic carbocycles. The van der Waals surface area contributed by atoms with Crippen LogP contribution in [0.4, 0.5) is 17.3 Å². The highest BCUT2D eigenvalue weighted by molar-refractivity contribution is 6.31. The van der Waals surface area contributed by atoms with Gasteiger partial charge in [0.25, 0.3) is 5.91 Å². The summed E-state index contributed by atoms with van der Waals surface area (Å²) in [5, 5.41) is 31.0. The highest BCUT2D eigenvalue weighted by Gasteiger charge is 2.64. The van der Waals surface area contributed by atoms with Gasteiger partial charge in [-0.2, -0.15) is 14.9 Å². The molecule has 1 saturated carbocycles. The second-order valence-corrected chi connectivity index (χ2v) is 22.0. The number of benzene rings is 2. The summed E-state index contributed by atoms with van der Waals surface area (Å²) in [6.45, 7) is 21.6. The van der Waals surface area contributed by atoms with Gasteiger partial charge in [-0.3, -0.25) is 4.79 Å². The Bertz CT molecular complexity index is 2640. The Morgan fingerprint density at radius 3 is 2.38 bits per heavy atom. The normalized spacial score (nSPS) is 21.5. The number of hydrogen-bond donors (Lipinski definition) is 3. The number of rotatable bonds is 19. The predicted molar refractivity (Wildman–Crippen MR) is 284 cm³/mol. The first-order chi connectivity index (χ1) is 34.8. The van der Waals surface area contributed by atoms with Crippen LogP contribution in [0, 0.1) is 28.1 Å². The fourth-order valence-electron chi connectivity index (χ4n) is 12.1. The Hall–Kier alpha value is -5.66. The number of piperidine rings is 2. The van der Waals surface area contributed by atoms with Gasteiger partial charge in [0.05, 0.1) is 23.4 Å². The molecular weight excluding hydrogens is 926 g/mol. The molecule has 2 aromatic carbocycles. The number of aromatic nitrogens is 4. The molecule has 0 bridgehead atoms. The van der Waals surface area contributed by atoms with Crippen LogP contribution in [0.25, 0.3) is 5.65 Å². The van der Waals surface area contributed by atoms with Gasteiger partial charge in [0.2, 0.25) is 5.88 Å². The van der Waals surface area contributed by atoms with Crippen molar-refractivity contribution in [2.75, 3.05) is 87.2 Å². The SMILES string of the molecule is CCc1cnn2c(NCc3ccc(OCCCN4CCN(CC5CCN(c6ccc(C(=O)NC7C(C)(C)C(Oc8ccc(C#N)c(Cl)c8)C7(C)C)cc6)CC5)CC4)nc3)cc(N3CCCC[C@@H]3CCO)nc12. The molecule has 1 amide bonds. The number of fused-ring (bicyclic) bond motifs is 1. The fraction of sp³-hybridized carbons (Fsp3) is 0.554. The van der Waals surface area contributed by atoms with Crippen molar-refractivity contribution in [3.05, 3.63) is 100 Å². The number of aryl methyl sites for hydroxylation is 1. The Balaban J connectivity index is 0.658. The fourth-order valence-corrected chi connectivity index (χ4v) is 12.3. The van der Waals surface area contributed by atoms with Crippen LogP contribution in [0.5, 0.6) is 11.6 Å². The molecule has 3 N–H and O–H groups in total. The molecule has 6 heterocycles. The van der Waals surface area contributed by atoms with E-state index in [9.17, 15) is 15.2 Å². The number of aliphatic hydroxyl groups excluding tert-OH is 1. The summed E-state index contributed by atoms with van der Waals surface area (Å²) in [4.78, 5) is 33.3. The molecule has 1 atom stereocenters. The molecule has 72 heavy (non-hydrogen) atoms. The van der Waals surface area contributed by atoms with E-state index in [1.807, 2.05) is 35.1 Å². The molecular formula is C56H74ClN11O4. The summed E-state index contributed by atoms with van der Waals surface area (Å²) >= 11 is 6.28. The summed E-state index contributed by atoms with van der Waals surface area (Å²) in [6.07, 6.45) is 11.9. The molecule has 0 radical (unpaired) electrons. The maximum Gasteiger partial charge on any atom is 0.251 e. The number of nitriles is 1. The second kappa shape index (κ2) is 22.6. The van der Waals surface area contributed by atoms with E-state index in [1.54, 1.807) is 18.2 Å². The molecule has 15 nitrogen and oxygen atoms in total. The zero-order chi connectivity index (χ0) is 50.4. The minimum atomic E-state index is -0.329. The first kappa shape index (κ1) is 51.2. The van der Waals surface area contributed by atoms with E-state index in [0.717, 1.165) is 119 Å². The van der Waals surface area contributed by atoms with Gasteiger partial charge >= 0.3 is 0 Å². The molecule has 4 fully saturated rings. The van der Waals surface area contributed by atoms with Crippen molar-refractivity contribution in [3.63, 3.8) is 0 Å². The van der Waals surface area contributed by atoms with Crippen LogP contribution in [-0.2, 0) is 13.0 Å². The molecule has 3 saturated heterocycles. The zero-order valence-electron chi connectivity index (χ0n) is 43.0. The average Bonchev–Trinajstić information content (AvgIpc) is 3.82. The van der Waals surface area contributed by atoms with Gasteiger partial charge in [0.15, 0.2) is 5.65 Å². The number of carbonyl (C=O) groups excluding carboxylic acids is 1. The number of piperazine rings is 1. The monoisotopic (exact) mass is 1000 g/mol. The van der Waals surface area contributed by atoms with E-state index in [0.29, 0.717) is 52.9 Å². The molecule has 5 aromatic rings. The van der Waals surface area contributed by atoms with Crippen molar-refractivity contribution in [1.82, 2.24) is 34.7 Å². The number of amides is 1. The standard InChI is InChI=1S/C56H74ClN11O4/c1-6-41-37-61-68-48(33-49(62-51(41)68)67-23-8-7-10-45(67)21-30-69)59-35-40-11-18-50(60-36-40)71-31-9-22-64-26-28-65(29-27-64)38-39-19-24-66(25-20-39)44-15-12-42(13-16-44)52(70)63-53-55(2,3)54(56(53,4)5)72-46-17-14-43(34-58)47(57)32-46/h11-18,32-33,36-37,39,45,53-54,59,69H,6-10,19-31,35,38H2,1-5H3,(H,63,70)/t45-,53?,54?/m1/s1. The molecule has 3 aliphatic heterocycles. The van der Waals surface area contributed by atoms with Gasteiger partial charge in [-0.05, 0) is 99.2 Å². The Morgan fingerprint density at radius 2 is 1.68 bits per heavy atom. The van der Waals surface area contributed by atoms with Crippen LogP contribution in [-0.4, -0.2) is 131 Å². The topological polar surface area (TPSA) is 160 Å². The zero-order valence-corrected chi connectivity index (χ0v) is 43.7. The lowest BCUT2D eigenvalue weighted by Gasteiger charge is -2.63. The number of halogens is 1. The largest absolute Gasteiger partial charge is 0.489 e. The van der Waals surface area contributed by atoms with Crippen LogP contribution < -0.4 is 29.9 Å². The maximum absolute atomic E-state index is 13.6. The van der Waals surface area contributed by atoms with Gasteiger partial charge in [0, 0.05) is 136 Å². The van der Waals surface area contributed by atoms with E-state index < -0.39 is 0 Å². The lowest BCUT2D eigenvalue weighted by atomic mass is 9.49. The van der Waals surface area contributed by atoms with E-state index in [2.05, 4.69) is 105 Å². The van der Waals surface area contributed by atoms with Crippen LogP contribution in [0.2, 0.25) is 5.02 Å². The number of pyridine rings is 1. The Morgan fingerprint density at radius 1 is 0.917 bits per heavy atom. The summed E-state index contributed by atoms with van der Waals surface area (Å²) in [6, 6.07) is 21.6. The Labute approximate surface area is 430 Å². The van der Waals surface area contributed by atoms with Gasteiger partial charge in [-0.25, -0.2) is 9.97 Å². The number of aliphatic hydroxyl groups is 1. The molecule has 384 valence electrons. The smallest absolute Gasteiger partial charge is 0.251 e. The summed E-state index contributed by atoms with van der Waals surface area (Å²) in [5.74, 6) is 3.71. The van der Waals surface area contributed by atoms with Crippen LogP contribution in [0.3, 0.4) is 0 Å². The van der Waals surface area contributed by atoms with Crippen LogP contribution in [0.1, 0.15) is 107 Å². The number of nitrogens with one attached hydrogen (secondary N) is 2. The molecule has 16 heteroatoms. The van der Waals surface area contributed by atoms with Gasteiger partial charge < -0.3 is 44.8 Å². The number of ether oxygens (including phenoxy) is 2. The molecule has 3 aromatic heterocycles. The van der Waals surface area contributed by atoms with Crippen LogP contribution >= 0.6 is 11.6 Å². The van der Waals surface area contributed by atoms with Gasteiger partial charge in [-0.15, -0.1) is 0 Å². The minimum Gasteiger partial charge on any atom is -0.489 e. The van der Waals surface area contributed by atoms with Crippen molar-refractivity contribution in [2.45, 2.75) is 111 Å². The third kappa shape index (κ3) is 11.4. The van der Waals surface area contributed by atoms with Crippen molar-refractivity contribution in [3.8, 4) is 17.7 Å². The lowest BCUT2D eigenvalue weighted by Crippen LogP contribution is -2.74. The van der Waals surface area contributed by atoms with E-state index in [4.69, 9.17) is 26.1 Å². The minimum absolute atomic E-state index is 0.0789. The van der Waals surface area contributed by atoms with E-state index >= 15 is 0 Å². The summed E-state index contributed by atoms with van der Waals surface area (Å²) < 4.78 is 14.4. The maximum atomic E-state index is 13.6. The highest BCUT2D eigenvalue weighted by atomic mass is 35.5. The Kier molecular flexibility index (Phi) is 16.1. The average molecular weight is 1000 g/mol. The quantitative estimate of drug-likeness (QED) is 0.0677. The van der Waals surface area contributed by atoms with Gasteiger partial charge in [-0.1, -0.05) is 52.3 Å². The summed E-state index contributed by atoms with van der Waals surface area (Å²) in [7, 11) is 0. The van der Waals surface area contributed by atoms with Crippen molar-refractivity contribution in [1.29, 1.82) is 5.26 Å². The van der Waals surface area contributed by atoms with Gasteiger partial charge in [0.1, 0.15) is 29.6 Å². The van der Waals surface area contributed by atoms with E-state index in [-0.39, 0.29) is 35.5 Å². The highest BCUT2D eigenvalue weighted by Crippen LogP contribution is 2.55. The predicted octanol–water partition coefficient (Wildman–Crippen LogP) is 8.48. The van der Waals surface area contributed by atoms with E-state index in [1.165, 1.54) is 24.9 Å². The number of nitrogens with zero attached hydrogens (tertiary/aromatic N) is 9. The number of anilines is 3. The third-order valence-corrected chi connectivity index (χ3v) is 16.3. The van der Waals surface area contributed by atoms with Crippen LogP contribution in [0.15, 0.2) is 73.1 Å². The number of carbonyl (C=O) groups is 1. The molecule has 4 aliphatic rings. The number of hydrogen-bond acceptors (Lipinski definition) is 13. The first-order valence-corrected chi connectivity index (χ1v) is 26.8. The van der Waals surface area contributed by atoms with Crippen molar-refractivity contribution in [2.24, 2.45) is 16.7 Å².